The minimum absolute atomic E-state index is 0.0446. The number of amides is 1. The Kier molecular flexibility index (Phi) is 5.70. The molecule has 0 aliphatic carbocycles. The monoisotopic (exact) mass is 377 g/mol. The number of rotatable bonds is 5. The smallest absolute Gasteiger partial charge is 0.262 e. The quantitative estimate of drug-likeness (QED) is 0.412. The summed E-state index contributed by atoms with van der Waals surface area (Å²) >= 11 is 6.23. The Hall–Kier alpha value is -3.36. The highest BCUT2D eigenvalue weighted by molar-refractivity contribution is 6.31. The fourth-order valence-corrected chi connectivity index (χ4v) is 2.75. The zero-order chi connectivity index (χ0) is 19.2. The van der Waals surface area contributed by atoms with Crippen molar-refractivity contribution in [1.82, 2.24) is 10.3 Å². The number of pyridine rings is 1. The van der Waals surface area contributed by atoms with Crippen LogP contribution in [0.25, 0.3) is 17.0 Å². The van der Waals surface area contributed by atoms with Gasteiger partial charge in [0, 0.05) is 17.5 Å². The third kappa shape index (κ3) is 4.43. The van der Waals surface area contributed by atoms with Gasteiger partial charge in [-0.15, -0.1) is 0 Å². The van der Waals surface area contributed by atoms with E-state index >= 15 is 0 Å². The Balaban J connectivity index is 1.87. The number of methoxy groups -OCH3 is 1. The van der Waals surface area contributed by atoms with Crippen molar-refractivity contribution in [3.05, 3.63) is 76.5 Å². The Bertz CT molecular complexity index is 1060. The molecule has 0 radical (unpaired) electrons. The lowest BCUT2D eigenvalue weighted by atomic mass is 10.1. The molecule has 0 atom stereocenters. The fourth-order valence-electron chi connectivity index (χ4n) is 2.55. The van der Waals surface area contributed by atoms with Gasteiger partial charge >= 0.3 is 0 Å². The zero-order valence-corrected chi connectivity index (χ0v) is 15.3. The molecule has 1 aromatic heterocycles. The largest absolute Gasteiger partial charge is 0.497 e. The number of carbonyl (C=O) groups excluding carboxylic acids is 1. The molecule has 1 N–H and O–H groups in total. The Morgan fingerprint density at radius 2 is 2.04 bits per heavy atom. The second-order valence-corrected chi connectivity index (χ2v) is 6.12. The summed E-state index contributed by atoms with van der Waals surface area (Å²) in [4.78, 5) is 16.7. The van der Waals surface area contributed by atoms with Gasteiger partial charge in [0.15, 0.2) is 0 Å². The zero-order valence-electron chi connectivity index (χ0n) is 14.6. The fraction of sp³-hybridized carbons (Fsp3) is 0.0952. The van der Waals surface area contributed by atoms with E-state index in [0.29, 0.717) is 23.4 Å². The summed E-state index contributed by atoms with van der Waals surface area (Å²) in [5.74, 6) is 0.214. The molecule has 5 nitrogen and oxygen atoms in total. The van der Waals surface area contributed by atoms with Gasteiger partial charge in [-0.3, -0.25) is 4.79 Å². The number of hydrogen-bond donors (Lipinski definition) is 1. The molecular weight excluding hydrogens is 362 g/mol. The van der Waals surface area contributed by atoms with Crippen LogP contribution in [0.15, 0.2) is 60.2 Å². The van der Waals surface area contributed by atoms with Crippen molar-refractivity contribution in [2.24, 2.45) is 0 Å². The van der Waals surface area contributed by atoms with E-state index in [2.05, 4.69) is 10.3 Å². The number of aromatic nitrogens is 1. The predicted molar refractivity (Wildman–Crippen MR) is 105 cm³/mol. The third-order valence-corrected chi connectivity index (χ3v) is 4.27. The van der Waals surface area contributed by atoms with Gasteiger partial charge in [-0.25, -0.2) is 4.98 Å². The van der Waals surface area contributed by atoms with Crippen LogP contribution in [0.3, 0.4) is 0 Å². The molecule has 0 fully saturated rings. The molecule has 2 aromatic carbocycles. The van der Waals surface area contributed by atoms with E-state index < -0.39 is 5.91 Å². The number of nitriles is 1. The van der Waals surface area contributed by atoms with Crippen LogP contribution in [0.4, 0.5) is 0 Å². The summed E-state index contributed by atoms with van der Waals surface area (Å²) in [5, 5.41) is 13.1. The molecule has 3 rings (SSSR count). The molecular formula is C21H16ClN3O2. The average Bonchev–Trinajstić information content (AvgIpc) is 2.70. The van der Waals surface area contributed by atoms with Gasteiger partial charge in [-0.2, -0.15) is 5.26 Å². The van der Waals surface area contributed by atoms with E-state index in [0.717, 1.165) is 10.9 Å². The van der Waals surface area contributed by atoms with Gasteiger partial charge in [0.25, 0.3) is 5.91 Å². The molecule has 0 spiro atoms. The summed E-state index contributed by atoms with van der Waals surface area (Å²) in [5.41, 5.74) is 2.09. The van der Waals surface area contributed by atoms with Crippen LogP contribution in [0.5, 0.6) is 5.75 Å². The number of benzene rings is 2. The number of nitrogens with one attached hydrogen (secondary N) is 1. The summed E-state index contributed by atoms with van der Waals surface area (Å²) < 4.78 is 5.21. The van der Waals surface area contributed by atoms with Gasteiger partial charge in [-0.1, -0.05) is 41.9 Å². The Labute approximate surface area is 161 Å². The van der Waals surface area contributed by atoms with Crippen molar-refractivity contribution >= 4 is 34.5 Å². The lowest BCUT2D eigenvalue weighted by Gasteiger charge is -2.07. The first-order chi connectivity index (χ1) is 13.1. The SMILES string of the molecule is COc1ccc2nc(Cl)c(/C=C(\C#N)C(=O)NCc3ccccc3)cc2c1. The summed E-state index contributed by atoms with van der Waals surface area (Å²) in [6, 6.07) is 18.6. The lowest BCUT2D eigenvalue weighted by Crippen LogP contribution is -2.23. The van der Waals surface area contributed by atoms with Crippen molar-refractivity contribution in [3.8, 4) is 11.8 Å². The van der Waals surface area contributed by atoms with Gasteiger partial charge in [0.1, 0.15) is 22.5 Å². The Morgan fingerprint density at radius 3 is 2.74 bits per heavy atom. The second-order valence-electron chi connectivity index (χ2n) is 5.77. The first kappa shape index (κ1) is 18.4. The van der Waals surface area contributed by atoms with E-state index in [1.807, 2.05) is 42.5 Å². The van der Waals surface area contributed by atoms with Crippen molar-refractivity contribution in [2.45, 2.75) is 6.54 Å². The first-order valence-corrected chi connectivity index (χ1v) is 8.56. The molecule has 6 heteroatoms. The van der Waals surface area contributed by atoms with Crippen LogP contribution >= 0.6 is 11.6 Å². The van der Waals surface area contributed by atoms with E-state index in [9.17, 15) is 10.1 Å². The molecule has 0 unspecified atom stereocenters. The second kappa shape index (κ2) is 8.35. The highest BCUT2D eigenvalue weighted by Gasteiger charge is 2.11. The number of nitrogens with zero attached hydrogens (tertiary/aromatic N) is 2. The minimum atomic E-state index is -0.469. The normalized spacial score (nSPS) is 11.1. The van der Waals surface area contributed by atoms with E-state index in [1.54, 1.807) is 25.3 Å². The summed E-state index contributed by atoms with van der Waals surface area (Å²) in [6.07, 6.45) is 1.44. The first-order valence-electron chi connectivity index (χ1n) is 8.19. The minimum Gasteiger partial charge on any atom is -0.497 e. The molecule has 1 amide bonds. The van der Waals surface area contributed by atoms with Gasteiger partial charge in [0.2, 0.25) is 0 Å². The van der Waals surface area contributed by atoms with Gasteiger partial charge in [0.05, 0.1) is 12.6 Å². The van der Waals surface area contributed by atoms with Crippen LogP contribution in [-0.2, 0) is 11.3 Å². The summed E-state index contributed by atoms with van der Waals surface area (Å²) in [7, 11) is 1.58. The maximum atomic E-state index is 12.3. The predicted octanol–water partition coefficient (Wildman–Crippen LogP) is 4.12. The average molecular weight is 378 g/mol. The van der Waals surface area contributed by atoms with E-state index in [1.165, 1.54) is 6.08 Å². The third-order valence-electron chi connectivity index (χ3n) is 3.96. The number of carbonyl (C=O) groups is 1. The molecule has 0 saturated heterocycles. The van der Waals surface area contributed by atoms with Crippen molar-refractivity contribution < 1.29 is 9.53 Å². The van der Waals surface area contributed by atoms with E-state index in [4.69, 9.17) is 16.3 Å². The highest BCUT2D eigenvalue weighted by Crippen LogP contribution is 2.25. The molecule has 134 valence electrons. The molecule has 0 bridgehead atoms. The number of ether oxygens (including phenoxy) is 1. The van der Waals surface area contributed by atoms with Crippen LogP contribution in [0.1, 0.15) is 11.1 Å². The van der Waals surface area contributed by atoms with Crippen molar-refractivity contribution in [2.75, 3.05) is 7.11 Å². The Morgan fingerprint density at radius 1 is 1.26 bits per heavy atom. The molecule has 0 aliphatic heterocycles. The number of halogens is 1. The van der Waals surface area contributed by atoms with Crippen molar-refractivity contribution in [1.29, 1.82) is 5.26 Å². The van der Waals surface area contributed by atoms with Gasteiger partial charge in [-0.05, 0) is 35.9 Å². The topological polar surface area (TPSA) is 75.0 Å². The van der Waals surface area contributed by atoms with E-state index in [-0.39, 0.29) is 10.7 Å². The maximum absolute atomic E-state index is 12.3. The molecule has 27 heavy (non-hydrogen) atoms. The molecule has 0 aliphatic rings. The molecule has 0 saturated carbocycles. The number of hydrogen-bond acceptors (Lipinski definition) is 4. The summed E-state index contributed by atoms with van der Waals surface area (Å²) in [6.45, 7) is 0.333. The van der Waals surface area contributed by atoms with Crippen molar-refractivity contribution in [3.63, 3.8) is 0 Å². The van der Waals surface area contributed by atoms with Crippen LogP contribution in [0, 0.1) is 11.3 Å². The standard InChI is InChI=1S/C21H16ClN3O2/c1-27-18-7-8-19-15(11-18)9-16(20(22)25-19)10-17(12-23)21(26)24-13-14-5-3-2-4-6-14/h2-11H,13H2,1H3,(H,24,26)/b17-10+. The van der Waals surface area contributed by atoms with Crippen LogP contribution in [0.2, 0.25) is 5.15 Å². The lowest BCUT2D eigenvalue weighted by molar-refractivity contribution is -0.117. The maximum Gasteiger partial charge on any atom is 0.262 e. The highest BCUT2D eigenvalue weighted by atomic mass is 35.5. The van der Waals surface area contributed by atoms with Crippen LogP contribution in [-0.4, -0.2) is 18.0 Å². The molecule has 1 heterocycles. The van der Waals surface area contributed by atoms with Gasteiger partial charge < -0.3 is 10.1 Å². The molecule has 3 aromatic rings. The van der Waals surface area contributed by atoms with Crippen LogP contribution < -0.4 is 10.1 Å². The number of fused-ring (bicyclic) bond motifs is 1.